The van der Waals surface area contributed by atoms with E-state index in [1.54, 1.807) is 0 Å². The number of carboxylic acids is 1. The maximum absolute atomic E-state index is 11.9. The van der Waals surface area contributed by atoms with Crippen molar-refractivity contribution in [2.45, 2.75) is 65.3 Å². The molecule has 0 amide bonds. The Morgan fingerprint density at radius 3 is 2.80 bits per heavy atom. The molecule has 0 saturated heterocycles. The fourth-order valence-corrected chi connectivity index (χ4v) is 3.99. The highest BCUT2D eigenvalue weighted by molar-refractivity contribution is 9.12. The van der Waals surface area contributed by atoms with Crippen molar-refractivity contribution in [2.75, 3.05) is 6.54 Å². The number of esters is 1. The van der Waals surface area contributed by atoms with Gasteiger partial charge in [0.2, 0.25) is 6.29 Å². The summed E-state index contributed by atoms with van der Waals surface area (Å²) in [6, 6.07) is 0. The van der Waals surface area contributed by atoms with Gasteiger partial charge < -0.3 is 19.9 Å². The zero-order valence-corrected chi connectivity index (χ0v) is 16.7. The summed E-state index contributed by atoms with van der Waals surface area (Å²) in [7, 11) is 0. The molecule has 0 aromatic heterocycles. The van der Waals surface area contributed by atoms with Crippen molar-refractivity contribution in [2.24, 2.45) is 17.8 Å². The molecule has 6 nitrogen and oxygen atoms in total. The van der Waals surface area contributed by atoms with Gasteiger partial charge in [-0.15, -0.1) is 0 Å². The number of nitrogens with one attached hydrogen (secondary N) is 1. The van der Waals surface area contributed by atoms with Crippen LogP contribution in [0.1, 0.15) is 52.9 Å². The molecule has 1 fully saturated rings. The lowest BCUT2D eigenvalue weighted by atomic mass is 9.75. The summed E-state index contributed by atoms with van der Waals surface area (Å²) in [6.07, 6.45) is 3.13. The summed E-state index contributed by atoms with van der Waals surface area (Å²) in [5, 5.41) is 11.8. The van der Waals surface area contributed by atoms with Crippen molar-refractivity contribution in [3.05, 3.63) is 10.2 Å². The van der Waals surface area contributed by atoms with Crippen molar-refractivity contribution in [3.8, 4) is 0 Å². The van der Waals surface area contributed by atoms with Crippen molar-refractivity contribution in [1.29, 1.82) is 0 Å². The number of carbonyl (C=O) groups excluding carboxylic acids is 1. The van der Waals surface area contributed by atoms with Crippen LogP contribution in [0.2, 0.25) is 0 Å². The normalized spacial score (nSPS) is 29.9. The number of cyclic esters (lactones) is 1. The van der Waals surface area contributed by atoms with Crippen LogP contribution in [-0.4, -0.2) is 36.0 Å². The van der Waals surface area contributed by atoms with E-state index in [2.05, 4.69) is 42.0 Å². The Kier molecular flexibility index (Phi) is 7.31. The molecule has 7 heteroatoms. The second-order valence-electron chi connectivity index (χ2n) is 7.39. The van der Waals surface area contributed by atoms with E-state index in [1.807, 2.05) is 0 Å². The van der Waals surface area contributed by atoms with Crippen molar-refractivity contribution >= 4 is 27.9 Å². The molecule has 142 valence electrons. The number of hydrogen-bond acceptors (Lipinski definition) is 5. The molecule has 1 heterocycles. The molecular formula is C18H28BrNO5. The maximum Gasteiger partial charge on any atom is 0.349 e. The van der Waals surface area contributed by atoms with Gasteiger partial charge >= 0.3 is 11.9 Å². The van der Waals surface area contributed by atoms with Crippen LogP contribution < -0.4 is 5.32 Å². The van der Waals surface area contributed by atoms with Crippen LogP contribution in [0, 0.1) is 17.8 Å². The van der Waals surface area contributed by atoms with Gasteiger partial charge in [0, 0.05) is 13.0 Å². The van der Waals surface area contributed by atoms with Gasteiger partial charge in [0.25, 0.3) is 0 Å². The monoisotopic (exact) mass is 417 g/mol. The van der Waals surface area contributed by atoms with E-state index in [0.29, 0.717) is 40.9 Å². The van der Waals surface area contributed by atoms with Gasteiger partial charge in [0.05, 0.1) is 6.10 Å². The summed E-state index contributed by atoms with van der Waals surface area (Å²) in [5.41, 5.74) is 0.566. The van der Waals surface area contributed by atoms with Gasteiger partial charge in [-0.05, 0) is 52.9 Å². The van der Waals surface area contributed by atoms with Gasteiger partial charge in [0.15, 0.2) is 0 Å². The van der Waals surface area contributed by atoms with Crippen LogP contribution in [0.4, 0.5) is 0 Å². The summed E-state index contributed by atoms with van der Waals surface area (Å²) in [6.45, 7) is 7.08. The topological polar surface area (TPSA) is 84.9 Å². The summed E-state index contributed by atoms with van der Waals surface area (Å²) < 4.78 is 11.9. The molecule has 0 spiro atoms. The van der Waals surface area contributed by atoms with E-state index in [9.17, 15) is 9.59 Å². The first-order chi connectivity index (χ1) is 11.8. The van der Waals surface area contributed by atoms with Crippen LogP contribution in [0.3, 0.4) is 0 Å². The molecule has 0 aromatic rings. The molecule has 1 aliphatic heterocycles. The summed E-state index contributed by atoms with van der Waals surface area (Å²) in [4.78, 5) is 22.5. The quantitative estimate of drug-likeness (QED) is 0.464. The van der Waals surface area contributed by atoms with Gasteiger partial charge in [-0.3, -0.25) is 4.79 Å². The lowest BCUT2D eigenvalue weighted by Gasteiger charge is -2.38. The number of carboxylic acid groups (broad SMARTS) is 1. The van der Waals surface area contributed by atoms with Crippen LogP contribution in [0.5, 0.6) is 0 Å². The molecule has 2 N–H and O–H groups in total. The highest BCUT2D eigenvalue weighted by Crippen LogP contribution is 2.38. The third kappa shape index (κ3) is 5.45. The number of aliphatic carboxylic acids is 1. The maximum atomic E-state index is 11.9. The molecule has 0 aromatic carbocycles. The van der Waals surface area contributed by atoms with Crippen molar-refractivity contribution in [1.82, 2.24) is 5.32 Å². The second kappa shape index (κ2) is 9.03. The lowest BCUT2D eigenvalue weighted by molar-refractivity contribution is -0.182. The van der Waals surface area contributed by atoms with Gasteiger partial charge in [-0.25, -0.2) is 4.79 Å². The van der Waals surface area contributed by atoms with E-state index in [0.717, 1.165) is 12.8 Å². The predicted octanol–water partition coefficient (Wildman–Crippen LogP) is 3.41. The number of hydrogen-bond donors (Lipinski definition) is 2. The lowest BCUT2D eigenvalue weighted by Crippen LogP contribution is -2.39. The van der Waals surface area contributed by atoms with Gasteiger partial charge in [-0.1, -0.05) is 27.2 Å². The molecule has 0 radical (unpaired) electrons. The summed E-state index contributed by atoms with van der Waals surface area (Å²) in [5.74, 6) is 0.265. The Balaban J connectivity index is 2.00. The third-order valence-corrected chi connectivity index (χ3v) is 5.76. The molecule has 4 atom stereocenters. The molecule has 1 aliphatic carbocycles. The number of rotatable bonds is 8. The van der Waals surface area contributed by atoms with Crippen LogP contribution in [0.25, 0.3) is 0 Å². The highest BCUT2D eigenvalue weighted by Gasteiger charge is 2.39. The molecule has 25 heavy (non-hydrogen) atoms. The minimum Gasteiger partial charge on any atom is -0.481 e. The van der Waals surface area contributed by atoms with E-state index < -0.39 is 18.2 Å². The summed E-state index contributed by atoms with van der Waals surface area (Å²) >= 11 is 3.26. The Bertz CT molecular complexity index is 534. The van der Waals surface area contributed by atoms with E-state index in [1.165, 1.54) is 6.42 Å². The van der Waals surface area contributed by atoms with E-state index in [4.69, 9.17) is 14.6 Å². The minimum atomic E-state index is -0.836. The smallest absolute Gasteiger partial charge is 0.349 e. The standard InChI is InChI=1S/C18H28BrNO5/c1-10(2)12-7-6-11(3)9-13(12)24-18-16(15(19)17(23)25-18)20-8-4-5-14(21)22/h10-13,18,20H,4-9H2,1-3H3,(H,21,22)/t11-,12+,13-,18+/m1/s1. The first-order valence-corrected chi connectivity index (χ1v) is 9.80. The number of ether oxygens (including phenoxy) is 2. The minimum absolute atomic E-state index is 0.0516. The van der Waals surface area contributed by atoms with E-state index >= 15 is 0 Å². The zero-order valence-electron chi connectivity index (χ0n) is 15.1. The zero-order chi connectivity index (χ0) is 18.6. The Morgan fingerprint density at radius 2 is 2.16 bits per heavy atom. The van der Waals surface area contributed by atoms with Crippen molar-refractivity contribution < 1.29 is 24.2 Å². The third-order valence-electron chi connectivity index (χ3n) is 5.01. The molecule has 2 aliphatic rings. The predicted molar refractivity (Wildman–Crippen MR) is 96.9 cm³/mol. The largest absolute Gasteiger partial charge is 0.481 e. The molecule has 2 rings (SSSR count). The SMILES string of the molecule is CC(C)[C@@H]1CC[C@@H](C)C[C@H]1O[C@H]1OC(=O)C(Br)=C1NCCCC(=O)O. The Hall–Kier alpha value is -1.08. The van der Waals surface area contributed by atoms with Crippen LogP contribution in [0.15, 0.2) is 10.2 Å². The van der Waals surface area contributed by atoms with Crippen LogP contribution in [-0.2, 0) is 19.1 Å². The fourth-order valence-electron chi connectivity index (χ4n) is 3.57. The first kappa shape index (κ1) is 20.2. The Morgan fingerprint density at radius 1 is 1.44 bits per heavy atom. The molecule has 1 saturated carbocycles. The second-order valence-corrected chi connectivity index (χ2v) is 8.18. The van der Waals surface area contributed by atoms with Crippen LogP contribution >= 0.6 is 15.9 Å². The van der Waals surface area contributed by atoms with Crippen molar-refractivity contribution in [3.63, 3.8) is 0 Å². The highest BCUT2D eigenvalue weighted by atomic mass is 79.9. The average Bonchev–Trinajstić information content (AvgIpc) is 2.78. The average molecular weight is 418 g/mol. The molecular weight excluding hydrogens is 390 g/mol. The van der Waals surface area contributed by atoms with E-state index in [-0.39, 0.29) is 12.5 Å². The Labute approximate surface area is 157 Å². The fraction of sp³-hybridized carbons (Fsp3) is 0.778. The number of halogens is 1. The number of carbonyl (C=O) groups is 2. The first-order valence-electron chi connectivity index (χ1n) is 9.01. The van der Waals surface area contributed by atoms with Gasteiger partial charge in [-0.2, -0.15) is 0 Å². The molecule has 0 bridgehead atoms. The van der Waals surface area contributed by atoms with Gasteiger partial charge in [0.1, 0.15) is 10.2 Å². The molecule has 0 unspecified atom stereocenters.